The molecule has 32 heavy (non-hydrogen) atoms. The minimum absolute atomic E-state index is 0.387. The van der Waals surface area contributed by atoms with Crippen LogP contribution in [0.3, 0.4) is 0 Å². The number of benzene rings is 3. The quantitative estimate of drug-likeness (QED) is 0.219. The molecule has 0 saturated carbocycles. The molecular formula is C23H18BrClN4O2S. The van der Waals surface area contributed by atoms with Gasteiger partial charge in [0.15, 0.2) is 17.3 Å². The SMILES string of the molecule is COc1cc(C=Nn2c(-c3ccccc3)n[nH]c2=S)c(Br)cc1OCc1ccc(Cl)cc1. The molecule has 1 aromatic heterocycles. The Bertz CT molecular complexity index is 1300. The molecule has 0 aliphatic heterocycles. The Kier molecular flexibility index (Phi) is 7.04. The Labute approximate surface area is 203 Å². The van der Waals surface area contributed by atoms with E-state index in [2.05, 4.69) is 31.2 Å². The molecule has 0 fully saturated rings. The van der Waals surface area contributed by atoms with Crippen LogP contribution in [0.15, 0.2) is 76.3 Å². The highest BCUT2D eigenvalue weighted by molar-refractivity contribution is 9.10. The number of aromatic amines is 1. The van der Waals surface area contributed by atoms with Gasteiger partial charge in [0.2, 0.25) is 4.77 Å². The van der Waals surface area contributed by atoms with Crippen molar-refractivity contribution < 1.29 is 9.47 Å². The molecular weight excluding hydrogens is 512 g/mol. The molecule has 0 bridgehead atoms. The van der Waals surface area contributed by atoms with E-state index in [4.69, 9.17) is 33.3 Å². The fourth-order valence-corrected chi connectivity index (χ4v) is 3.69. The lowest BCUT2D eigenvalue weighted by molar-refractivity contribution is 0.284. The molecule has 0 atom stereocenters. The summed E-state index contributed by atoms with van der Waals surface area (Å²) in [6.45, 7) is 0.387. The predicted molar refractivity (Wildman–Crippen MR) is 132 cm³/mol. The second-order valence-electron chi connectivity index (χ2n) is 6.71. The molecule has 0 saturated heterocycles. The maximum Gasteiger partial charge on any atom is 0.216 e. The number of H-pyrrole nitrogens is 1. The number of halogens is 2. The molecule has 3 aromatic carbocycles. The standard InChI is InChI=1S/C23H18BrClN4O2S/c1-30-20-11-17(19(24)12-21(20)31-14-15-7-9-18(25)10-8-15)13-26-29-22(27-28-23(29)32)16-5-3-2-4-6-16/h2-13H,14H2,1H3,(H,28,32). The predicted octanol–water partition coefficient (Wildman–Crippen LogP) is 6.49. The van der Waals surface area contributed by atoms with Crippen LogP contribution >= 0.6 is 39.7 Å². The highest BCUT2D eigenvalue weighted by Crippen LogP contribution is 2.33. The number of hydrogen-bond donors (Lipinski definition) is 1. The average Bonchev–Trinajstić information content (AvgIpc) is 3.18. The van der Waals surface area contributed by atoms with Crippen LogP contribution in [0.2, 0.25) is 5.02 Å². The zero-order valence-corrected chi connectivity index (χ0v) is 20.1. The molecule has 4 rings (SSSR count). The second-order valence-corrected chi connectivity index (χ2v) is 8.39. The first-order valence-corrected chi connectivity index (χ1v) is 11.1. The van der Waals surface area contributed by atoms with Crippen LogP contribution in [0.25, 0.3) is 11.4 Å². The molecule has 0 spiro atoms. The molecule has 0 aliphatic rings. The monoisotopic (exact) mass is 528 g/mol. The fourth-order valence-electron chi connectivity index (χ4n) is 2.96. The van der Waals surface area contributed by atoms with E-state index >= 15 is 0 Å². The number of nitrogens with zero attached hydrogens (tertiary/aromatic N) is 3. The van der Waals surface area contributed by atoms with Gasteiger partial charge >= 0.3 is 0 Å². The van der Waals surface area contributed by atoms with E-state index in [1.54, 1.807) is 18.0 Å². The highest BCUT2D eigenvalue weighted by Gasteiger charge is 2.11. The summed E-state index contributed by atoms with van der Waals surface area (Å²) in [5.74, 6) is 1.82. The smallest absolute Gasteiger partial charge is 0.216 e. The van der Waals surface area contributed by atoms with Gasteiger partial charge in [-0.15, -0.1) is 0 Å². The number of ether oxygens (including phenoxy) is 2. The molecule has 162 valence electrons. The Morgan fingerprint density at radius 3 is 2.59 bits per heavy atom. The van der Waals surface area contributed by atoms with Crippen molar-refractivity contribution >= 4 is 46.0 Å². The number of methoxy groups -OCH3 is 1. The first-order chi connectivity index (χ1) is 15.5. The lowest BCUT2D eigenvalue weighted by Gasteiger charge is -2.13. The summed E-state index contributed by atoms with van der Waals surface area (Å²) in [5, 5.41) is 12.3. The van der Waals surface area contributed by atoms with Gasteiger partial charge in [-0.1, -0.05) is 54.1 Å². The summed E-state index contributed by atoms with van der Waals surface area (Å²) in [4.78, 5) is 0. The van der Waals surface area contributed by atoms with Crippen molar-refractivity contribution in [2.45, 2.75) is 6.61 Å². The number of hydrogen-bond acceptors (Lipinski definition) is 5. The van der Waals surface area contributed by atoms with E-state index in [-0.39, 0.29) is 0 Å². The minimum Gasteiger partial charge on any atom is -0.493 e. The van der Waals surface area contributed by atoms with Crippen LogP contribution in [0.5, 0.6) is 11.5 Å². The van der Waals surface area contributed by atoms with Crippen molar-refractivity contribution in [2.75, 3.05) is 7.11 Å². The summed E-state index contributed by atoms with van der Waals surface area (Å²) >= 11 is 14.9. The van der Waals surface area contributed by atoms with Crippen molar-refractivity contribution in [3.05, 3.63) is 92.1 Å². The van der Waals surface area contributed by atoms with Gasteiger partial charge < -0.3 is 9.47 Å². The summed E-state index contributed by atoms with van der Waals surface area (Å²) in [6.07, 6.45) is 1.69. The molecule has 4 aromatic rings. The summed E-state index contributed by atoms with van der Waals surface area (Å²) < 4.78 is 14.3. The van der Waals surface area contributed by atoms with E-state index in [1.165, 1.54) is 0 Å². The highest BCUT2D eigenvalue weighted by atomic mass is 79.9. The summed E-state index contributed by atoms with van der Waals surface area (Å²) in [7, 11) is 1.60. The van der Waals surface area contributed by atoms with Crippen LogP contribution in [0.1, 0.15) is 11.1 Å². The molecule has 9 heteroatoms. The summed E-state index contributed by atoms with van der Waals surface area (Å²) in [5.41, 5.74) is 2.70. The number of rotatable bonds is 7. The lowest BCUT2D eigenvalue weighted by Crippen LogP contribution is -2.00. The fraction of sp³-hybridized carbons (Fsp3) is 0.0870. The van der Waals surface area contributed by atoms with Crippen molar-refractivity contribution in [1.82, 2.24) is 14.9 Å². The van der Waals surface area contributed by atoms with Crippen molar-refractivity contribution in [3.63, 3.8) is 0 Å². The normalized spacial score (nSPS) is 11.1. The zero-order chi connectivity index (χ0) is 22.5. The minimum atomic E-state index is 0.387. The molecule has 1 heterocycles. The van der Waals surface area contributed by atoms with Gasteiger partial charge in [0, 0.05) is 20.6 Å². The Hall–Kier alpha value is -2.94. The Morgan fingerprint density at radius 2 is 1.88 bits per heavy atom. The summed E-state index contributed by atoms with van der Waals surface area (Å²) in [6, 6.07) is 20.9. The van der Waals surface area contributed by atoms with Crippen LogP contribution in [0, 0.1) is 4.77 Å². The van der Waals surface area contributed by atoms with Crippen LogP contribution in [0.4, 0.5) is 0 Å². The van der Waals surface area contributed by atoms with Gasteiger partial charge in [0.1, 0.15) is 6.61 Å². The van der Waals surface area contributed by atoms with Gasteiger partial charge in [0.05, 0.1) is 13.3 Å². The van der Waals surface area contributed by atoms with Crippen LogP contribution in [-0.4, -0.2) is 28.2 Å². The van der Waals surface area contributed by atoms with E-state index < -0.39 is 0 Å². The molecule has 0 amide bonds. The average molecular weight is 530 g/mol. The van der Waals surface area contributed by atoms with Gasteiger partial charge in [-0.2, -0.15) is 14.9 Å². The third kappa shape index (κ3) is 5.09. The molecule has 0 aliphatic carbocycles. The van der Waals surface area contributed by atoms with E-state index in [9.17, 15) is 0 Å². The molecule has 1 N–H and O–H groups in total. The van der Waals surface area contributed by atoms with Crippen LogP contribution < -0.4 is 9.47 Å². The maximum atomic E-state index is 5.96. The maximum absolute atomic E-state index is 5.96. The molecule has 0 unspecified atom stereocenters. The first kappa shape index (κ1) is 22.3. The van der Waals surface area contributed by atoms with Crippen LogP contribution in [-0.2, 0) is 6.61 Å². The van der Waals surface area contributed by atoms with Gasteiger partial charge in [-0.3, -0.25) is 0 Å². The van der Waals surface area contributed by atoms with Gasteiger partial charge in [-0.05, 0) is 58.0 Å². The molecule has 0 radical (unpaired) electrons. The second kappa shape index (κ2) is 10.1. The zero-order valence-electron chi connectivity index (χ0n) is 17.0. The van der Waals surface area contributed by atoms with Crippen molar-refractivity contribution in [1.29, 1.82) is 0 Å². The van der Waals surface area contributed by atoms with E-state index in [1.807, 2.05) is 66.7 Å². The van der Waals surface area contributed by atoms with Gasteiger partial charge in [-0.25, -0.2) is 5.10 Å². The third-order valence-corrected chi connectivity index (χ3v) is 5.79. The van der Waals surface area contributed by atoms with Gasteiger partial charge in [0.25, 0.3) is 0 Å². The lowest BCUT2D eigenvalue weighted by atomic mass is 10.2. The third-order valence-electron chi connectivity index (χ3n) is 4.59. The number of aromatic nitrogens is 3. The first-order valence-electron chi connectivity index (χ1n) is 9.57. The molecule has 6 nitrogen and oxygen atoms in total. The van der Waals surface area contributed by atoms with Crippen molar-refractivity contribution in [3.8, 4) is 22.9 Å². The van der Waals surface area contributed by atoms with Crippen molar-refractivity contribution in [2.24, 2.45) is 5.10 Å². The van der Waals surface area contributed by atoms with E-state index in [0.717, 1.165) is 21.2 Å². The number of nitrogens with one attached hydrogen (secondary N) is 1. The topological polar surface area (TPSA) is 64.4 Å². The Morgan fingerprint density at radius 1 is 1.12 bits per heavy atom. The van der Waals surface area contributed by atoms with E-state index in [0.29, 0.717) is 33.7 Å². The largest absolute Gasteiger partial charge is 0.493 e. The Balaban J connectivity index is 1.59.